The van der Waals surface area contributed by atoms with E-state index in [2.05, 4.69) is 32.9 Å². The Morgan fingerprint density at radius 2 is 1.92 bits per heavy atom. The standard InChI is InChI=1S/C19H13Cl2IN2O2/c1-11-5-4-6-13(17(11)22)18(25)24-15-7-2-3-8-16(15)26-19-14(21)9-12(20)10-23-19/h2-10H,1H3,(H,24,25). The fourth-order valence-corrected chi connectivity index (χ4v) is 3.28. The van der Waals surface area contributed by atoms with Gasteiger partial charge in [0.1, 0.15) is 5.02 Å². The molecule has 0 fully saturated rings. The summed E-state index contributed by atoms with van der Waals surface area (Å²) >= 11 is 14.1. The zero-order valence-corrected chi connectivity index (χ0v) is 17.3. The lowest BCUT2D eigenvalue weighted by molar-refractivity contribution is 0.102. The average molecular weight is 499 g/mol. The highest BCUT2D eigenvalue weighted by atomic mass is 127. The summed E-state index contributed by atoms with van der Waals surface area (Å²) < 4.78 is 6.67. The fraction of sp³-hybridized carbons (Fsp3) is 0.0526. The molecule has 0 aliphatic rings. The first kappa shape index (κ1) is 18.9. The van der Waals surface area contributed by atoms with Crippen LogP contribution >= 0.6 is 45.8 Å². The molecule has 1 N–H and O–H groups in total. The van der Waals surface area contributed by atoms with Gasteiger partial charge in [-0.1, -0.05) is 47.5 Å². The van der Waals surface area contributed by atoms with Crippen molar-refractivity contribution in [2.75, 3.05) is 5.32 Å². The summed E-state index contributed by atoms with van der Waals surface area (Å²) in [6.07, 6.45) is 1.44. The van der Waals surface area contributed by atoms with E-state index in [-0.39, 0.29) is 16.8 Å². The van der Waals surface area contributed by atoms with Crippen LogP contribution in [0.15, 0.2) is 54.7 Å². The van der Waals surface area contributed by atoms with Crippen molar-refractivity contribution < 1.29 is 9.53 Å². The van der Waals surface area contributed by atoms with Gasteiger partial charge in [0.15, 0.2) is 5.75 Å². The first-order chi connectivity index (χ1) is 12.5. The topological polar surface area (TPSA) is 51.2 Å². The third-order valence-electron chi connectivity index (χ3n) is 3.55. The number of halogens is 3. The van der Waals surface area contributed by atoms with E-state index in [4.69, 9.17) is 27.9 Å². The fourth-order valence-electron chi connectivity index (χ4n) is 2.25. The van der Waals surface area contributed by atoms with Crippen molar-refractivity contribution >= 4 is 57.4 Å². The molecular weight excluding hydrogens is 486 g/mol. The number of carbonyl (C=O) groups excluding carboxylic acids is 1. The Labute approximate surface area is 174 Å². The molecule has 0 aliphatic carbocycles. The number of ether oxygens (including phenoxy) is 1. The van der Waals surface area contributed by atoms with Gasteiger partial charge >= 0.3 is 0 Å². The van der Waals surface area contributed by atoms with Crippen molar-refractivity contribution in [2.45, 2.75) is 6.92 Å². The van der Waals surface area contributed by atoms with Gasteiger partial charge in [-0.3, -0.25) is 4.79 Å². The van der Waals surface area contributed by atoms with Gasteiger partial charge in [0.2, 0.25) is 5.88 Å². The number of pyridine rings is 1. The number of aromatic nitrogens is 1. The lowest BCUT2D eigenvalue weighted by Crippen LogP contribution is -2.14. The second kappa shape index (κ2) is 8.24. The number of nitrogens with zero attached hydrogens (tertiary/aromatic N) is 1. The molecule has 0 saturated heterocycles. The molecule has 0 aliphatic heterocycles. The van der Waals surface area contributed by atoms with Crippen LogP contribution in [0.5, 0.6) is 11.6 Å². The molecule has 1 aromatic heterocycles. The van der Waals surface area contributed by atoms with E-state index in [1.807, 2.05) is 19.1 Å². The Bertz CT molecular complexity index is 980. The Morgan fingerprint density at radius 1 is 1.15 bits per heavy atom. The number of hydrogen-bond acceptors (Lipinski definition) is 3. The first-order valence-corrected chi connectivity index (χ1v) is 9.43. The summed E-state index contributed by atoms with van der Waals surface area (Å²) in [5.74, 6) is 0.424. The molecule has 7 heteroatoms. The third-order valence-corrected chi connectivity index (χ3v) is 5.46. The van der Waals surface area contributed by atoms with Crippen molar-refractivity contribution in [3.63, 3.8) is 0 Å². The molecule has 3 aromatic rings. The van der Waals surface area contributed by atoms with Crippen LogP contribution in [0.3, 0.4) is 0 Å². The largest absolute Gasteiger partial charge is 0.435 e. The van der Waals surface area contributed by atoms with Crippen molar-refractivity contribution in [1.82, 2.24) is 4.98 Å². The Hall–Kier alpha value is -1.83. The van der Waals surface area contributed by atoms with Gasteiger partial charge in [-0.05, 0) is 59.3 Å². The second-order valence-corrected chi connectivity index (χ2v) is 7.35. The molecule has 26 heavy (non-hydrogen) atoms. The maximum Gasteiger partial charge on any atom is 0.256 e. The SMILES string of the molecule is Cc1cccc(C(=O)Nc2ccccc2Oc2ncc(Cl)cc2Cl)c1I. The van der Waals surface area contributed by atoms with Crippen LogP contribution in [-0.4, -0.2) is 10.9 Å². The van der Waals surface area contributed by atoms with Gasteiger partial charge in [0, 0.05) is 9.77 Å². The lowest BCUT2D eigenvalue weighted by atomic mass is 10.1. The number of hydrogen-bond donors (Lipinski definition) is 1. The number of nitrogens with one attached hydrogen (secondary N) is 1. The molecule has 3 rings (SSSR count). The number of amides is 1. The highest BCUT2D eigenvalue weighted by Gasteiger charge is 2.15. The van der Waals surface area contributed by atoms with E-state index >= 15 is 0 Å². The van der Waals surface area contributed by atoms with Crippen molar-refractivity contribution in [2.24, 2.45) is 0 Å². The van der Waals surface area contributed by atoms with Crippen LogP contribution < -0.4 is 10.1 Å². The molecular formula is C19H13Cl2IN2O2. The summed E-state index contributed by atoms with van der Waals surface area (Å²) in [7, 11) is 0. The van der Waals surface area contributed by atoms with E-state index in [0.29, 0.717) is 22.0 Å². The second-order valence-electron chi connectivity index (χ2n) is 5.43. The van der Waals surface area contributed by atoms with Gasteiger partial charge in [0.05, 0.1) is 16.3 Å². The minimum absolute atomic E-state index is 0.211. The number of aryl methyl sites for hydroxylation is 1. The number of rotatable bonds is 4. The van der Waals surface area contributed by atoms with Crippen LogP contribution in [0.4, 0.5) is 5.69 Å². The van der Waals surface area contributed by atoms with E-state index in [9.17, 15) is 4.79 Å². The van der Waals surface area contributed by atoms with Crippen molar-refractivity contribution in [3.8, 4) is 11.6 Å². The molecule has 0 spiro atoms. The summed E-state index contributed by atoms with van der Waals surface area (Å²) in [6.45, 7) is 1.96. The normalized spacial score (nSPS) is 10.5. The maximum absolute atomic E-state index is 12.7. The van der Waals surface area contributed by atoms with Crippen molar-refractivity contribution in [3.05, 3.63) is 79.5 Å². The summed E-state index contributed by atoms with van der Waals surface area (Å²) in [6, 6.07) is 14.2. The van der Waals surface area contributed by atoms with Gasteiger partial charge < -0.3 is 10.1 Å². The predicted molar refractivity (Wildman–Crippen MR) is 113 cm³/mol. The van der Waals surface area contributed by atoms with E-state index < -0.39 is 0 Å². The Kier molecular flexibility index (Phi) is 6.01. The van der Waals surface area contributed by atoms with Crippen LogP contribution in [0.25, 0.3) is 0 Å². The Balaban J connectivity index is 1.87. The van der Waals surface area contributed by atoms with Crippen LogP contribution in [-0.2, 0) is 0 Å². The molecule has 1 heterocycles. The van der Waals surface area contributed by atoms with Gasteiger partial charge in [-0.15, -0.1) is 0 Å². The highest BCUT2D eigenvalue weighted by molar-refractivity contribution is 14.1. The smallest absolute Gasteiger partial charge is 0.256 e. The number of benzene rings is 2. The van der Waals surface area contributed by atoms with Crippen LogP contribution in [0.1, 0.15) is 15.9 Å². The number of anilines is 1. The predicted octanol–water partition coefficient (Wildman–Crippen LogP) is 6.35. The summed E-state index contributed by atoms with van der Waals surface area (Å²) in [5.41, 5.74) is 2.16. The molecule has 0 saturated carbocycles. The molecule has 1 amide bonds. The van der Waals surface area contributed by atoms with Gasteiger partial charge in [-0.2, -0.15) is 0 Å². The molecule has 0 radical (unpaired) electrons. The molecule has 2 aromatic carbocycles. The van der Waals surface area contributed by atoms with Crippen LogP contribution in [0.2, 0.25) is 10.0 Å². The minimum Gasteiger partial charge on any atom is -0.435 e. The van der Waals surface area contributed by atoms with Crippen molar-refractivity contribution in [1.29, 1.82) is 0 Å². The quantitative estimate of drug-likeness (QED) is 0.426. The average Bonchev–Trinajstić information content (AvgIpc) is 2.61. The van der Waals surface area contributed by atoms with Crippen LogP contribution in [0, 0.1) is 10.5 Å². The van der Waals surface area contributed by atoms with E-state index in [1.165, 1.54) is 6.20 Å². The Morgan fingerprint density at radius 3 is 2.69 bits per heavy atom. The molecule has 0 unspecified atom stereocenters. The van der Waals surface area contributed by atoms with E-state index in [1.54, 1.807) is 36.4 Å². The van der Waals surface area contributed by atoms with Gasteiger partial charge in [0.25, 0.3) is 5.91 Å². The minimum atomic E-state index is -0.218. The summed E-state index contributed by atoms with van der Waals surface area (Å²) in [5, 5.41) is 3.58. The third kappa shape index (κ3) is 4.28. The number of para-hydroxylation sites is 2. The summed E-state index contributed by atoms with van der Waals surface area (Å²) in [4.78, 5) is 16.8. The molecule has 132 valence electrons. The molecule has 0 bridgehead atoms. The zero-order chi connectivity index (χ0) is 18.7. The monoisotopic (exact) mass is 498 g/mol. The molecule has 4 nitrogen and oxygen atoms in total. The highest BCUT2D eigenvalue weighted by Crippen LogP contribution is 2.33. The van der Waals surface area contributed by atoms with Gasteiger partial charge in [-0.25, -0.2) is 4.98 Å². The lowest BCUT2D eigenvalue weighted by Gasteiger charge is -2.13. The number of carbonyl (C=O) groups is 1. The molecule has 0 atom stereocenters. The maximum atomic E-state index is 12.7. The van der Waals surface area contributed by atoms with E-state index in [0.717, 1.165) is 9.13 Å². The zero-order valence-electron chi connectivity index (χ0n) is 13.6. The first-order valence-electron chi connectivity index (χ1n) is 7.60.